The summed E-state index contributed by atoms with van der Waals surface area (Å²) < 4.78 is 47.3. The van der Waals surface area contributed by atoms with Crippen molar-refractivity contribution in [3.63, 3.8) is 0 Å². The van der Waals surface area contributed by atoms with Gasteiger partial charge in [-0.05, 0) is 41.8 Å². The van der Waals surface area contributed by atoms with Crippen molar-refractivity contribution >= 4 is 21.0 Å². The third kappa shape index (κ3) is 4.52. The quantitative estimate of drug-likeness (QED) is 0.412. The van der Waals surface area contributed by atoms with E-state index in [0.717, 1.165) is 17.4 Å². The van der Waals surface area contributed by atoms with Gasteiger partial charge in [-0.1, -0.05) is 42.5 Å². The molecule has 0 radical (unpaired) electrons. The van der Waals surface area contributed by atoms with Crippen molar-refractivity contribution in [2.24, 2.45) is 0 Å². The number of fused-ring (bicyclic) bond motifs is 2. The van der Waals surface area contributed by atoms with Crippen LogP contribution in [0.25, 0.3) is 11.0 Å². The van der Waals surface area contributed by atoms with Crippen molar-refractivity contribution in [2.75, 3.05) is 19.8 Å². The van der Waals surface area contributed by atoms with Gasteiger partial charge in [0.25, 0.3) is 0 Å². The summed E-state index contributed by atoms with van der Waals surface area (Å²) in [6.45, 7) is 0.923. The Bertz CT molecular complexity index is 1380. The summed E-state index contributed by atoms with van der Waals surface area (Å²) in [6, 6.07) is 20.6. The molecule has 0 amide bonds. The van der Waals surface area contributed by atoms with Crippen molar-refractivity contribution < 1.29 is 27.4 Å². The standard InChI is InChI=1S/C26H25NO6S/c28-13-12-18-6-1-3-8-21(18)26(25-16-19-7-2-4-9-22(19)33-25)27-34(29,30)20-10-11-23-24(17-20)32-15-5-14-31-23/h1-4,6-11,16-17,26-28H,5,12-15H2. The Balaban J connectivity index is 1.57. The molecular weight excluding hydrogens is 454 g/mol. The lowest BCUT2D eigenvalue weighted by Gasteiger charge is -2.20. The second-order valence-corrected chi connectivity index (χ2v) is 9.79. The molecule has 0 bridgehead atoms. The SMILES string of the molecule is O=S(=O)(NC(c1cc2ccccc2o1)c1ccccc1CCO)c1ccc2c(c1)OCCCO2. The molecule has 2 heterocycles. The zero-order valence-corrected chi connectivity index (χ0v) is 19.3. The molecule has 0 saturated carbocycles. The summed E-state index contributed by atoms with van der Waals surface area (Å²) in [4.78, 5) is 0.0671. The first-order chi connectivity index (χ1) is 16.5. The number of nitrogens with one attached hydrogen (secondary N) is 1. The van der Waals surface area contributed by atoms with Crippen LogP contribution in [0.5, 0.6) is 11.5 Å². The molecule has 0 aliphatic carbocycles. The highest BCUT2D eigenvalue weighted by molar-refractivity contribution is 7.89. The number of furan rings is 1. The van der Waals surface area contributed by atoms with Gasteiger partial charge in [0.1, 0.15) is 17.4 Å². The molecule has 1 unspecified atom stereocenters. The summed E-state index contributed by atoms with van der Waals surface area (Å²) >= 11 is 0. The lowest BCUT2D eigenvalue weighted by atomic mass is 9.97. The molecule has 2 N–H and O–H groups in total. The summed E-state index contributed by atoms with van der Waals surface area (Å²) in [5.41, 5.74) is 2.21. The fourth-order valence-electron chi connectivity index (χ4n) is 4.12. The van der Waals surface area contributed by atoms with Crippen molar-refractivity contribution in [1.82, 2.24) is 4.72 Å². The molecule has 0 fully saturated rings. The van der Waals surface area contributed by atoms with E-state index in [1.54, 1.807) is 6.07 Å². The smallest absolute Gasteiger partial charge is 0.241 e. The normalized spacial score (nSPS) is 14.6. The van der Waals surface area contributed by atoms with Gasteiger partial charge >= 0.3 is 0 Å². The van der Waals surface area contributed by atoms with Crippen LogP contribution >= 0.6 is 0 Å². The van der Waals surface area contributed by atoms with E-state index in [1.807, 2.05) is 54.6 Å². The Kier molecular flexibility index (Phi) is 6.28. The minimum atomic E-state index is -3.98. The van der Waals surface area contributed by atoms with Crippen LogP contribution in [0.15, 0.2) is 82.1 Å². The van der Waals surface area contributed by atoms with Crippen molar-refractivity contribution in [2.45, 2.75) is 23.8 Å². The zero-order chi connectivity index (χ0) is 23.5. The molecule has 5 rings (SSSR count). The molecule has 0 saturated heterocycles. The first-order valence-corrected chi connectivity index (χ1v) is 12.6. The highest BCUT2D eigenvalue weighted by Gasteiger charge is 2.28. The fourth-order valence-corrected chi connectivity index (χ4v) is 5.32. The number of aliphatic hydroxyl groups excluding tert-OH is 1. The lowest BCUT2D eigenvalue weighted by Crippen LogP contribution is -2.30. The number of hydrogen-bond acceptors (Lipinski definition) is 6. The lowest BCUT2D eigenvalue weighted by molar-refractivity contribution is 0.296. The van der Waals surface area contributed by atoms with E-state index < -0.39 is 16.1 Å². The van der Waals surface area contributed by atoms with E-state index in [-0.39, 0.29) is 11.5 Å². The monoisotopic (exact) mass is 479 g/mol. The van der Waals surface area contributed by atoms with Crippen LogP contribution in [-0.4, -0.2) is 33.3 Å². The molecule has 34 heavy (non-hydrogen) atoms. The van der Waals surface area contributed by atoms with Crippen LogP contribution in [0, 0.1) is 0 Å². The molecule has 1 aliphatic heterocycles. The van der Waals surface area contributed by atoms with Gasteiger partial charge in [-0.2, -0.15) is 4.72 Å². The molecular formula is C26H25NO6S. The van der Waals surface area contributed by atoms with Gasteiger partial charge in [0.2, 0.25) is 10.0 Å². The topological polar surface area (TPSA) is 98.0 Å². The van der Waals surface area contributed by atoms with Gasteiger partial charge in [-0.3, -0.25) is 0 Å². The number of aliphatic hydroxyl groups is 1. The average Bonchev–Trinajstić information content (AvgIpc) is 3.13. The Labute approximate surface area is 198 Å². The molecule has 176 valence electrons. The van der Waals surface area contributed by atoms with Crippen molar-refractivity contribution in [3.8, 4) is 11.5 Å². The van der Waals surface area contributed by atoms with E-state index in [2.05, 4.69) is 4.72 Å². The van der Waals surface area contributed by atoms with Crippen LogP contribution in [0.1, 0.15) is 29.3 Å². The van der Waals surface area contributed by atoms with Crippen molar-refractivity contribution in [3.05, 3.63) is 89.7 Å². The van der Waals surface area contributed by atoms with Gasteiger partial charge in [-0.25, -0.2) is 8.42 Å². The van der Waals surface area contributed by atoms with Gasteiger partial charge < -0.3 is 19.0 Å². The van der Waals surface area contributed by atoms with E-state index in [0.29, 0.717) is 48.0 Å². The first kappa shape index (κ1) is 22.5. The van der Waals surface area contributed by atoms with Crippen LogP contribution in [0.4, 0.5) is 0 Å². The maximum absolute atomic E-state index is 13.5. The summed E-state index contributed by atoms with van der Waals surface area (Å²) in [5.74, 6) is 1.39. The Morgan fingerprint density at radius 1 is 0.912 bits per heavy atom. The second-order valence-electron chi connectivity index (χ2n) is 8.07. The number of sulfonamides is 1. The van der Waals surface area contributed by atoms with Crippen LogP contribution < -0.4 is 14.2 Å². The number of ether oxygens (including phenoxy) is 2. The van der Waals surface area contributed by atoms with E-state index in [1.165, 1.54) is 12.1 Å². The van der Waals surface area contributed by atoms with Gasteiger partial charge in [0, 0.05) is 24.5 Å². The van der Waals surface area contributed by atoms with Gasteiger partial charge in [-0.15, -0.1) is 0 Å². The maximum Gasteiger partial charge on any atom is 0.241 e. The van der Waals surface area contributed by atoms with E-state index >= 15 is 0 Å². The third-order valence-electron chi connectivity index (χ3n) is 5.78. The summed E-state index contributed by atoms with van der Waals surface area (Å²) in [5, 5.41) is 10.4. The van der Waals surface area contributed by atoms with Crippen LogP contribution in [-0.2, 0) is 16.4 Å². The van der Waals surface area contributed by atoms with Gasteiger partial charge in [0.15, 0.2) is 11.5 Å². The number of benzene rings is 3. The first-order valence-electron chi connectivity index (χ1n) is 11.1. The average molecular weight is 480 g/mol. The molecule has 0 spiro atoms. The van der Waals surface area contributed by atoms with Crippen molar-refractivity contribution in [1.29, 1.82) is 0 Å². The van der Waals surface area contributed by atoms with Crippen LogP contribution in [0.2, 0.25) is 0 Å². The largest absolute Gasteiger partial charge is 0.490 e. The zero-order valence-electron chi connectivity index (χ0n) is 18.4. The Morgan fingerprint density at radius 3 is 2.50 bits per heavy atom. The Hall–Kier alpha value is -3.33. The summed E-state index contributed by atoms with van der Waals surface area (Å²) in [6.07, 6.45) is 1.11. The minimum Gasteiger partial charge on any atom is -0.490 e. The van der Waals surface area contributed by atoms with Gasteiger partial charge in [0.05, 0.1) is 18.1 Å². The molecule has 7 nitrogen and oxygen atoms in total. The maximum atomic E-state index is 13.5. The second kappa shape index (κ2) is 9.50. The fraction of sp³-hybridized carbons (Fsp3) is 0.231. The number of para-hydroxylation sites is 1. The molecule has 8 heteroatoms. The number of rotatable bonds is 7. The van der Waals surface area contributed by atoms with Crippen LogP contribution in [0.3, 0.4) is 0 Å². The Morgan fingerprint density at radius 2 is 1.68 bits per heavy atom. The highest BCUT2D eigenvalue weighted by Crippen LogP contribution is 2.35. The highest BCUT2D eigenvalue weighted by atomic mass is 32.2. The number of hydrogen-bond donors (Lipinski definition) is 2. The van der Waals surface area contributed by atoms with E-state index in [4.69, 9.17) is 13.9 Å². The molecule has 1 aromatic heterocycles. The predicted molar refractivity (Wildman–Crippen MR) is 128 cm³/mol. The summed E-state index contributed by atoms with van der Waals surface area (Å²) in [7, 11) is -3.98. The van der Waals surface area contributed by atoms with E-state index in [9.17, 15) is 13.5 Å². The molecule has 1 aliphatic rings. The third-order valence-corrected chi connectivity index (χ3v) is 7.20. The predicted octanol–water partition coefficient (Wildman–Crippen LogP) is 4.20. The molecule has 1 atom stereocenters. The minimum absolute atomic E-state index is 0.0568. The molecule has 4 aromatic rings. The molecule has 3 aromatic carbocycles.